The highest BCUT2D eigenvalue weighted by Crippen LogP contribution is 2.36. The molecule has 0 saturated carbocycles. The van der Waals surface area contributed by atoms with Gasteiger partial charge in [0.1, 0.15) is 11.8 Å². The van der Waals surface area contributed by atoms with E-state index in [0.717, 1.165) is 48.3 Å². The summed E-state index contributed by atoms with van der Waals surface area (Å²) < 4.78 is 7.34. The van der Waals surface area contributed by atoms with Gasteiger partial charge in [-0.05, 0) is 58.2 Å². The molecule has 2 N–H and O–H groups in total. The summed E-state index contributed by atoms with van der Waals surface area (Å²) in [6.45, 7) is 11.4. The maximum absolute atomic E-state index is 9.84. The molecule has 2 unspecified atom stereocenters. The van der Waals surface area contributed by atoms with Crippen LogP contribution in [0.5, 0.6) is 0 Å². The van der Waals surface area contributed by atoms with Crippen LogP contribution < -0.4 is 10.6 Å². The summed E-state index contributed by atoms with van der Waals surface area (Å²) >= 11 is 6.78. The number of rotatable bonds is 9. The molecule has 2 aromatic carbocycles. The lowest BCUT2D eigenvalue weighted by Gasteiger charge is -2.40. The number of hydrogen-bond acceptors (Lipinski definition) is 8. The van der Waals surface area contributed by atoms with Gasteiger partial charge in [-0.15, -0.1) is 5.10 Å². The second-order valence-corrected chi connectivity index (χ2v) is 12.4. The maximum Gasteiger partial charge on any atom is 0.109 e. The summed E-state index contributed by atoms with van der Waals surface area (Å²) in [7, 11) is 1.65. The second kappa shape index (κ2) is 12.7. The van der Waals surface area contributed by atoms with E-state index < -0.39 is 0 Å². The number of piperidine rings is 1. The van der Waals surface area contributed by atoms with Gasteiger partial charge in [0.25, 0.3) is 0 Å². The fourth-order valence-corrected chi connectivity index (χ4v) is 5.93. The summed E-state index contributed by atoms with van der Waals surface area (Å²) in [6, 6.07) is 16.3. The predicted octanol–water partition coefficient (Wildman–Crippen LogP) is 6.44. The normalized spacial score (nSPS) is 16.2. The van der Waals surface area contributed by atoms with E-state index in [1.807, 2.05) is 41.9 Å². The zero-order valence-electron chi connectivity index (χ0n) is 24.9. The van der Waals surface area contributed by atoms with Crippen molar-refractivity contribution >= 4 is 33.9 Å². The van der Waals surface area contributed by atoms with E-state index in [9.17, 15) is 5.26 Å². The van der Waals surface area contributed by atoms with Crippen LogP contribution in [0.1, 0.15) is 69.4 Å². The minimum Gasteiger partial charge on any atom is -0.383 e. The molecule has 10 heteroatoms. The number of nitrogens with one attached hydrogen (secondary N) is 2. The highest BCUT2D eigenvalue weighted by Gasteiger charge is 2.29. The fraction of sp³-hybridized carbons (Fsp3) is 0.438. The van der Waals surface area contributed by atoms with Crippen LogP contribution in [0.3, 0.4) is 0 Å². The van der Waals surface area contributed by atoms with Gasteiger partial charge in [-0.25, -0.2) is 4.68 Å². The van der Waals surface area contributed by atoms with E-state index in [1.165, 1.54) is 0 Å². The Morgan fingerprint density at radius 3 is 2.55 bits per heavy atom. The van der Waals surface area contributed by atoms with Crippen LogP contribution in [0.4, 0.5) is 11.4 Å². The highest BCUT2D eigenvalue weighted by molar-refractivity contribution is 6.35. The van der Waals surface area contributed by atoms with Crippen LogP contribution in [-0.2, 0) is 4.74 Å². The lowest BCUT2D eigenvalue weighted by Crippen LogP contribution is -2.46. The van der Waals surface area contributed by atoms with Gasteiger partial charge in [0, 0.05) is 49.1 Å². The first-order chi connectivity index (χ1) is 20.2. The summed E-state index contributed by atoms with van der Waals surface area (Å²) in [5, 5.41) is 27.4. The third-order valence-corrected chi connectivity index (χ3v) is 8.20. The second-order valence-electron chi connectivity index (χ2n) is 12.0. The van der Waals surface area contributed by atoms with Crippen molar-refractivity contribution in [3.8, 4) is 6.07 Å². The number of aromatic nitrogens is 4. The van der Waals surface area contributed by atoms with E-state index in [-0.39, 0.29) is 17.6 Å². The molecule has 0 spiro atoms. The van der Waals surface area contributed by atoms with Gasteiger partial charge >= 0.3 is 0 Å². The summed E-state index contributed by atoms with van der Waals surface area (Å²) in [4.78, 5) is 7.03. The van der Waals surface area contributed by atoms with Crippen LogP contribution in [0.15, 0.2) is 54.9 Å². The van der Waals surface area contributed by atoms with Gasteiger partial charge in [-0.2, -0.15) is 5.26 Å². The largest absolute Gasteiger partial charge is 0.383 e. The maximum atomic E-state index is 9.84. The number of anilines is 2. The first-order valence-electron chi connectivity index (χ1n) is 14.4. The van der Waals surface area contributed by atoms with E-state index >= 15 is 0 Å². The van der Waals surface area contributed by atoms with E-state index in [1.54, 1.807) is 13.3 Å². The molecule has 0 amide bonds. The minimum absolute atomic E-state index is 0.0227. The molecule has 4 aromatic rings. The average molecular weight is 587 g/mol. The van der Waals surface area contributed by atoms with E-state index in [4.69, 9.17) is 16.3 Å². The van der Waals surface area contributed by atoms with Gasteiger partial charge in [-0.3, -0.25) is 9.88 Å². The highest BCUT2D eigenvalue weighted by atomic mass is 35.5. The number of nitriles is 1. The SMILES string of the molecule is COCC(C)Nc1c(C#N)cnc2c(Cl)cc(NC(c3ccccc3)c3cn(C4CCN(C(C)(C)C)CC4)nn3)cc12. The molecule has 2 aromatic heterocycles. The number of fused-ring (bicyclic) bond motifs is 1. The van der Waals surface area contributed by atoms with Gasteiger partial charge < -0.3 is 15.4 Å². The minimum atomic E-state index is -0.265. The monoisotopic (exact) mass is 586 g/mol. The fourth-order valence-electron chi connectivity index (χ4n) is 5.66. The van der Waals surface area contributed by atoms with Crippen molar-refractivity contribution in [2.75, 3.05) is 37.4 Å². The molecule has 0 bridgehead atoms. The number of ether oxygens (including phenoxy) is 1. The van der Waals surface area contributed by atoms with Crippen molar-refractivity contribution in [1.29, 1.82) is 5.26 Å². The van der Waals surface area contributed by atoms with Crippen LogP contribution in [0.2, 0.25) is 5.02 Å². The quantitative estimate of drug-likeness (QED) is 0.231. The molecule has 1 fully saturated rings. The molecule has 1 saturated heterocycles. The van der Waals surface area contributed by atoms with Crippen LogP contribution in [0.25, 0.3) is 10.9 Å². The summed E-state index contributed by atoms with van der Waals surface area (Å²) in [5.41, 5.74) is 4.58. The first-order valence-corrected chi connectivity index (χ1v) is 14.8. The number of nitrogens with zero attached hydrogens (tertiary/aromatic N) is 6. The van der Waals surface area contributed by atoms with Crippen molar-refractivity contribution in [1.82, 2.24) is 24.9 Å². The average Bonchev–Trinajstić information content (AvgIpc) is 3.46. The van der Waals surface area contributed by atoms with Crippen molar-refractivity contribution in [3.05, 3.63) is 76.7 Å². The molecule has 0 aliphatic carbocycles. The van der Waals surface area contributed by atoms with Crippen LogP contribution in [0, 0.1) is 11.3 Å². The number of hydrogen-bond donors (Lipinski definition) is 2. The smallest absolute Gasteiger partial charge is 0.109 e. The van der Waals surface area contributed by atoms with Crippen molar-refractivity contribution < 1.29 is 4.74 Å². The zero-order chi connectivity index (χ0) is 29.9. The predicted molar refractivity (Wildman–Crippen MR) is 168 cm³/mol. The van der Waals surface area contributed by atoms with E-state index in [0.29, 0.717) is 34.4 Å². The Labute approximate surface area is 252 Å². The van der Waals surface area contributed by atoms with E-state index in [2.05, 4.69) is 76.0 Å². The number of pyridine rings is 1. The molecular weight excluding hydrogens is 548 g/mol. The van der Waals surface area contributed by atoms with Crippen molar-refractivity contribution in [2.45, 2.75) is 64.2 Å². The Hall–Kier alpha value is -3.71. The number of halogens is 1. The van der Waals surface area contributed by atoms with Crippen LogP contribution >= 0.6 is 11.6 Å². The number of benzene rings is 2. The molecule has 0 radical (unpaired) electrons. The standard InChI is InChI=1S/C32H39ClN8O/c1-21(20-42-5)36-29-23(17-34)18-35-31-26(29)15-24(16-27(31)33)37-30(22-9-7-6-8-10-22)28-19-41(39-38-28)25-11-13-40(14-12-25)32(2,3)4/h6-10,15-16,18-19,21,25,30,37H,11-14,20H2,1-5H3,(H,35,36). The molecular formula is C32H39ClN8O. The molecule has 1 aliphatic heterocycles. The number of likely N-dealkylation sites (tertiary alicyclic amines) is 1. The molecule has 2 atom stereocenters. The lowest BCUT2D eigenvalue weighted by atomic mass is 9.98. The zero-order valence-corrected chi connectivity index (χ0v) is 25.7. The summed E-state index contributed by atoms with van der Waals surface area (Å²) in [5.74, 6) is 0. The molecule has 5 rings (SSSR count). The lowest BCUT2D eigenvalue weighted by molar-refractivity contribution is 0.0866. The van der Waals surface area contributed by atoms with Crippen molar-refractivity contribution in [2.24, 2.45) is 0 Å². The van der Waals surface area contributed by atoms with Gasteiger partial charge in [0.15, 0.2) is 0 Å². The third-order valence-electron chi connectivity index (χ3n) is 7.91. The Kier molecular flexibility index (Phi) is 8.97. The Morgan fingerprint density at radius 1 is 1.14 bits per heavy atom. The number of methoxy groups -OCH3 is 1. The Balaban J connectivity index is 1.48. The summed E-state index contributed by atoms with van der Waals surface area (Å²) in [6.07, 6.45) is 5.70. The molecule has 3 heterocycles. The van der Waals surface area contributed by atoms with Crippen molar-refractivity contribution in [3.63, 3.8) is 0 Å². The molecule has 42 heavy (non-hydrogen) atoms. The Bertz CT molecular complexity index is 1550. The van der Waals surface area contributed by atoms with Gasteiger partial charge in [0.05, 0.1) is 46.7 Å². The first kappa shape index (κ1) is 29.8. The molecule has 220 valence electrons. The Morgan fingerprint density at radius 2 is 1.88 bits per heavy atom. The third kappa shape index (κ3) is 6.51. The van der Waals surface area contributed by atoms with Gasteiger partial charge in [-0.1, -0.05) is 47.1 Å². The molecule has 1 aliphatic rings. The topological polar surface area (TPSA) is 104 Å². The molecule has 9 nitrogen and oxygen atoms in total. The van der Waals surface area contributed by atoms with Crippen LogP contribution in [-0.4, -0.2) is 63.3 Å². The van der Waals surface area contributed by atoms with Gasteiger partial charge in [0.2, 0.25) is 0 Å².